The number of nitrogens with one attached hydrogen (secondary N) is 1. The molecule has 2 fully saturated rings. The van der Waals surface area contributed by atoms with Crippen LogP contribution >= 0.6 is 22.6 Å². The number of likely N-dealkylation sites (tertiary alicyclic amines) is 1. The molecule has 5 rings (SSSR count). The second-order valence-electron chi connectivity index (χ2n) is 13.1. The fourth-order valence-corrected chi connectivity index (χ4v) is 7.23. The van der Waals surface area contributed by atoms with Crippen molar-refractivity contribution in [3.05, 3.63) is 85.9 Å². The van der Waals surface area contributed by atoms with Crippen molar-refractivity contribution in [2.45, 2.75) is 80.2 Å². The van der Waals surface area contributed by atoms with E-state index in [1.165, 1.54) is 25.3 Å². The van der Waals surface area contributed by atoms with Gasteiger partial charge in [-0.05, 0) is 75.5 Å². The SMILES string of the molecule is C=C(/C=C\C(=C/C)CN1CC[C-](I)CC1)CN1CCN(c2ccc(Nc3ncc4c(C)c(C(C)=O)c(=O)n(C(CC)CC)c4n3)nc2)CC1.CC.[Y]. The molecule has 12 heteroatoms. The van der Waals surface area contributed by atoms with Crippen molar-refractivity contribution in [3.8, 4) is 0 Å². The Morgan fingerprint density at radius 3 is 2.23 bits per heavy atom. The minimum atomic E-state index is -0.292. The van der Waals surface area contributed by atoms with Gasteiger partial charge in [-0.2, -0.15) is 17.8 Å². The average molecular weight is 897 g/mol. The van der Waals surface area contributed by atoms with Crippen molar-refractivity contribution < 1.29 is 37.5 Å². The smallest absolute Gasteiger partial charge is 0.263 e. The van der Waals surface area contributed by atoms with Gasteiger partial charge in [0, 0.05) is 89.6 Å². The van der Waals surface area contributed by atoms with Crippen LogP contribution in [0.4, 0.5) is 17.5 Å². The Hall–Kier alpha value is -2.32. The first-order valence-corrected chi connectivity index (χ1v) is 19.6. The first-order valence-electron chi connectivity index (χ1n) is 18.5. The molecule has 0 unspecified atom stereocenters. The van der Waals surface area contributed by atoms with Gasteiger partial charge in [0.2, 0.25) is 5.95 Å². The number of carbonyl (C=O) groups is 1. The van der Waals surface area contributed by atoms with Crippen LogP contribution in [-0.2, 0) is 32.7 Å². The van der Waals surface area contributed by atoms with E-state index in [-0.39, 0.29) is 55.7 Å². The molecule has 0 aliphatic carbocycles. The minimum absolute atomic E-state index is 0. The zero-order valence-electron chi connectivity index (χ0n) is 32.2. The van der Waals surface area contributed by atoms with Gasteiger partial charge in [0.15, 0.2) is 5.78 Å². The number of hydrogen-bond donors (Lipinski definition) is 1. The molecule has 5 heterocycles. The fourth-order valence-electron chi connectivity index (χ4n) is 6.74. The third-order valence-corrected chi connectivity index (χ3v) is 10.8. The maximum absolute atomic E-state index is 13.5. The summed E-state index contributed by atoms with van der Waals surface area (Å²) >= 11 is 2.50. The second kappa shape index (κ2) is 21.5. The zero-order chi connectivity index (χ0) is 37.1. The molecule has 0 aromatic carbocycles. The van der Waals surface area contributed by atoms with Crippen LogP contribution in [0, 0.1) is 10.8 Å². The van der Waals surface area contributed by atoms with Crippen LogP contribution in [0.2, 0.25) is 0 Å². The van der Waals surface area contributed by atoms with Crippen molar-refractivity contribution in [1.82, 2.24) is 29.3 Å². The van der Waals surface area contributed by atoms with Crippen LogP contribution < -0.4 is 15.8 Å². The van der Waals surface area contributed by atoms with E-state index in [2.05, 4.69) is 90.4 Å². The summed E-state index contributed by atoms with van der Waals surface area (Å²) < 4.78 is 3.26. The van der Waals surface area contributed by atoms with Crippen LogP contribution in [-0.4, -0.2) is 87.5 Å². The van der Waals surface area contributed by atoms with Gasteiger partial charge >= 0.3 is 0 Å². The maximum Gasteiger partial charge on any atom is 0.263 e. The first kappa shape index (κ1) is 44.1. The molecule has 52 heavy (non-hydrogen) atoms. The van der Waals surface area contributed by atoms with Gasteiger partial charge in [0.25, 0.3) is 5.56 Å². The van der Waals surface area contributed by atoms with Gasteiger partial charge in [-0.15, -0.1) is 0 Å². The van der Waals surface area contributed by atoms with Crippen molar-refractivity contribution >= 4 is 56.9 Å². The van der Waals surface area contributed by atoms with Crippen LogP contribution in [0.5, 0.6) is 0 Å². The van der Waals surface area contributed by atoms with Gasteiger partial charge in [-0.1, -0.05) is 52.5 Å². The molecule has 3 aromatic heterocycles. The molecular formula is C40H56IN8O2Y-. The number of allylic oxidation sites excluding steroid dienone is 1. The van der Waals surface area contributed by atoms with Gasteiger partial charge in [-0.3, -0.25) is 19.1 Å². The van der Waals surface area contributed by atoms with Gasteiger partial charge in [-0.25, -0.2) is 13.9 Å². The van der Waals surface area contributed by atoms with E-state index < -0.39 is 0 Å². The van der Waals surface area contributed by atoms with Crippen LogP contribution in [0.1, 0.15) is 89.2 Å². The molecule has 2 saturated heterocycles. The fraction of sp³-hybridized carbons (Fsp3) is 0.500. The normalized spacial score (nSPS) is 16.2. The van der Waals surface area contributed by atoms with E-state index in [1.807, 2.05) is 40.0 Å². The number of rotatable bonds is 13. The standard InChI is InChI=1S/C38H50IN8O2.C2H6.Y/c1-7-29(25-44-16-14-30(39)15-17-44)11-10-26(4)24-45-18-20-46(21-19-45)32-12-13-34(40-22-32)42-38-41-23-33-27(5)35(28(6)48)37(49)47(36(33)43-38)31(8-2)9-3;1-2;/h7,10-13,22-23,31H,4,8-9,14-21,24-25H2,1-3,5-6H3,(H,40,41,42,43);1-2H3;/q-1;;/b11-10-,29-7+;;. The molecule has 10 nitrogen and oxygen atoms in total. The third-order valence-electron chi connectivity index (χ3n) is 9.73. The molecule has 0 atom stereocenters. The number of fused-ring (bicyclic) bond motifs is 1. The van der Waals surface area contributed by atoms with Crippen LogP contribution in [0.25, 0.3) is 11.0 Å². The Balaban J connectivity index is 0.00000239. The number of aromatic nitrogens is 4. The number of ketones is 1. The predicted molar refractivity (Wildman–Crippen MR) is 221 cm³/mol. The minimum Gasteiger partial charge on any atom is -0.368 e. The average Bonchev–Trinajstić information content (AvgIpc) is 3.14. The van der Waals surface area contributed by atoms with Crippen LogP contribution in [0.15, 0.2) is 65.3 Å². The molecule has 1 N–H and O–H groups in total. The first-order chi connectivity index (χ1) is 24.6. The van der Waals surface area contributed by atoms with Gasteiger partial charge in [0.1, 0.15) is 11.5 Å². The van der Waals surface area contributed by atoms with Crippen molar-refractivity contribution in [1.29, 1.82) is 0 Å². The third kappa shape index (κ3) is 11.4. The summed E-state index contributed by atoms with van der Waals surface area (Å²) in [6.45, 7) is 25.7. The molecule has 0 spiro atoms. The van der Waals surface area contributed by atoms with E-state index in [4.69, 9.17) is 4.98 Å². The van der Waals surface area contributed by atoms with Gasteiger partial charge in [0.05, 0.1) is 17.4 Å². The summed E-state index contributed by atoms with van der Waals surface area (Å²) in [6.07, 6.45) is 14.1. The van der Waals surface area contributed by atoms with E-state index in [9.17, 15) is 9.59 Å². The molecule has 0 bridgehead atoms. The number of piperazine rings is 1. The molecule has 279 valence electrons. The number of Topliss-reactive ketones (excluding diaryl/α,β-unsaturated/α-hetero) is 1. The number of pyridine rings is 2. The Labute approximate surface area is 349 Å². The number of carbonyl (C=O) groups excluding carboxylic acids is 1. The largest absolute Gasteiger partial charge is 0.368 e. The molecular weight excluding hydrogens is 840 g/mol. The number of nitrogens with zero attached hydrogens (tertiary/aromatic N) is 7. The number of anilines is 3. The summed E-state index contributed by atoms with van der Waals surface area (Å²) in [5.41, 5.74) is 4.61. The molecule has 1 radical (unpaired) electrons. The zero-order valence-corrected chi connectivity index (χ0v) is 37.2. The monoisotopic (exact) mass is 896 g/mol. The topological polar surface area (TPSA) is 99.5 Å². The predicted octanol–water partition coefficient (Wildman–Crippen LogP) is 8.07. The molecule has 0 amide bonds. The van der Waals surface area contributed by atoms with E-state index in [0.717, 1.165) is 76.5 Å². The maximum atomic E-state index is 13.5. The Morgan fingerprint density at radius 2 is 1.65 bits per heavy atom. The number of halogens is 1. The molecule has 0 saturated carbocycles. The summed E-state index contributed by atoms with van der Waals surface area (Å²) in [4.78, 5) is 47.2. The quantitative estimate of drug-likeness (QED) is 0.0791. The Bertz CT molecular complexity index is 1750. The van der Waals surface area contributed by atoms with Crippen molar-refractivity contribution in [3.63, 3.8) is 0 Å². The number of piperidine rings is 1. The summed E-state index contributed by atoms with van der Waals surface area (Å²) in [5, 5.41) is 3.92. The van der Waals surface area contributed by atoms with E-state index in [1.54, 1.807) is 21.6 Å². The van der Waals surface area contributed by atoms with Crippen molar-refractivity contribution in [2.24, 2.45) is 0 Å². The van der Waals surface area contributed by atoms with Crippen molar-refractivity contribution in [2.75, 3.05) is 62.6 Å². The number of hydrogen-bond acceptors (Lipinski definition) is 9. The Morgan fingerprint density at radius 1 is 1.00 bits per heavy atom. The summed E-state index contributed by atoms with van der Waals surface area (Å²) in [6, 6.07) is 3.92. The second-order valence-corrected chi connectivity index (χ2v) is 14.6. The van der Waals surface area contributed by atoms with E-state index in [0.29, 0.717) is 28.4 Å². The van der Waals surface area contributed by atoms with E-state index >= 15 is 0 Å². The Kier molecular flexibility index (Phi) is 18.3. The van der Waals surface area contributed by atoms with Crippen LogP contribution in [0.3, 0.4) is 0 Å². The number of aryl methyl sites for hydroxylation is 1. The van der Waals surface area contributed by atoms with Gasteiger partial charge < -0.3 is 37.7 Å². The summed E-state index contributed by atoms with van der Waals surface area (Å²) in [5.74, 6) is 0.726. The molecule has 3 aromatic rings. The molecule has 2 aliphatic heterocycles. The molecule has 2 aliphatic rings. The summed E-state index contributed by atoms with van der Waals surface area (Å²) in [7, 11) is 0.